The molecule has 0 saturated heterocycles. The molecule has 0 aliphatic rings. The summed E-state index contributed by atoms with van der Waals surface area (Å²) in [6.07, 6.45) is -1.02. The summed E-state index contributed by atoms with van der Waals surface area (Å²) in [4.78, 5) is 27.2. The van der Waals surface area contributed by atoms with Crippen molar-refractivity contribution in [2.45, 2.75) is 20.1 Å². The van der Waals surface area contributed by atoms with Gasteiger partial charge < -0.3 is 14.7 Å². The Morgan fingerprint density at radius 1 is 1.06 bits per heavy atom. The lowest BCUT2D eigenvalue weighted by Crippen LogP contribution is -2.29. The van der Waals surface area contributed by atoms with Crippen LogP contribution in [0.4, 0.5) is 10.5 Å². The molecular formula is C25H30N4O4. The Morgan fingerprint density at radius 2 is 1.82 bits per heavy atom. The predicted molar refractivity (Wildman–Crippen MR) is 129 cm³/mol. The van der Waals surface area contributed by atoms with E-state index in [2.05, 4.69) is 10.00 Å². The third-order valence-corrected chi connectivity index (χ3v) is 5.17. The van der Waals surface area contributed by atoms with Crippen molar-refractivity contribution in [3.63, 3.8) is 0 Å². The van der Waals surface area contributed by atoms with Gasteiger partial charge in [0.25, 0.3) is 5.56 Å². The minimum Gasteiger partial charge on any atom is -0.465 e. The number of amides is 1. The van der Waals surface area contributed by atoms with Crippen LogP contribution >= 0.6 is 0 Å². The molecular weight excluding hydrogens is 420 g/mol. The van der Waals surface area contributed by atoms with Crippen LogP contribution in [0.5, 0.6) is 0 Å². The second kappa shape index (κ2) is 11.4. The van der Waals surface area contributed by atoms with E-state index >= 15 is 0 Å². The van der Waals surface area contributed by atoms with Gasteiger partial charge in [0.1, 0.15) is 0 Å². The van der Waals surface area contributed by atoms with Gasteiger partial charge in [0.2, 0.25) is 0 Å². The number of nitrogens with zero attached hydrogens (tertiary/aromatic N) is 4. The Kier molecular flexibility index (Phi) is 8.34. The van der Waals surface area contributed by atoms with Crippen molar-refractivity contribution in [3.8, 4) is 11.3 Å². The summed E-state index contributed by atoms with van der Waals surface area (Å²) in [7, 11) is 4.02. The highest BCUT2D eigenvalue weighted by Crippen LogP contribution is 2.19. The monoisotopic (exact) mass is 450 g/mol. The van der Waals surface area contributed by atoms with E-state index in [0.717, 1.165) is 23.2 Å². The molecule has 0 radical (unpaired) electrons. The quantitative estimate of drug-likeness (QED) is 0.476. The molecule has 3 aromatic rings. The lowest BCUT2D eigenvalue weighted by atomic mass is 10.1. The minimum atomic E-state index is -1.02. The highest BCUT2D eigenvalue weighted by atomic mass is 16.5. The van der Waals surface area contributed by atoms with Gasteiger partial charge in [0.15, 0.2) is 0 Å². The summed E-state index contributed by atoms with van der Waals surface area (Å²) in [6, 6.07) is 18.3. The maximum Gasteiger partial charge on any atom is 0.411 e. The molecule has 1 aromatic heterocycles. The first kappa shape index (κ1) is 24.2. The summed E-state index contributed by atoms with van der Waals surface area (Å²) in [5.41, 5.74) is 3.80. The van der Waals surface area contributed by atoms with Crippen molar-refractivity contribution in [1.29, 1.82) is 0 Å². The topological polar surface area (TPSA) is 87.9 Å². The third-order valence-electron chi connectivity index (χ3n) is 5.17. The number of aromatic nitrogens is 2. The molecule has 0 saturated carbocycles. The van der Waals surface area contributed by atoms with E-state index in [9.17, 15) is 14.7 Å². The first-order valence-corrected chi connectivity index (χ1v) is 10.9. The Hall–Kier alpha value is -3.49. The number of hydrogen-bond acceptors (Lipinski definition) is 5. The van der Waals surface area contributed by atoms with Crippen LogP contribution in [0.25, 0.3) is 11.3 Å². The van der Waals surface area contributed by atoms with Crippen molar-refractivity contribution in [2.24, 2.45) is 0 Å². The maximum absolute atomic E-state index is 12.4. The molecule has 0 bridgehead atoms. The summed E-state index contributed by atoms with van der Waals surface area (Å²) in [6.45, 7) is 4.45. The lowest BCUT2D eigenvalue weighted by molar-refractivity contribution is 0.105. The van der Waals surface area contributed by atoms with Gasteiger partial charge in [-0.3, -0.25) is 9.69 Å². The van der Waals surface area contributed by atoms with Crippen LogP contribution in [0.1, 0.15) is 18.1 Å². The van der Waals surface area contributed by atoms with Crippen molar-refractivity contribution in [3.05, 3.63) is 82.1 Å². The zero-order chi connectivity index (χ0) is 23.8. The van der Waals surface area contributed by atoms with E-state index in [4.69, 9.17) is 4.74 Å². The number of carbonyl (C=O) groups is 1. The second-order valence-corrected chi connectivity index (χ2v) is 7.96. The van der Waals surface area contributed by atoms with Gasteiger partial charge in [-0.1, -0.05) is 36.4 Å². The van der Waals surface area contributed by atoms with E-state index in [1.54, 1.807) is 31.2 Å². The van der Waals surface area contributed by atoms with Crippen LogP contribution in [0, 0.1) is 0 Å². The molecule has 0 unspecified atom stereocenters. The first-order chi connectivity index (χ1) is 15.9. The molecule has 8 nitrogen and oxygen atoms in total. The maximum atomic E-state index is 12.4. The molecule has 174 valence electrons. The van der Waals surface area contributed by atoms with Gasteiger partial charge in [0, 0.05) is 30.4 Å². The van der Waals surface area contributed by atoms with Crippen LogP contribution in [0.2, 0.25) is 0 Å². The number of benzene rings is 2. The molecule has 0 fully saturated rings. The van der Waals surface area contributed by atoms with E-state index in [1.165, 1.54) is 15.6 Å². The molecule has 1 amide bonds. The molecule has 0 atom stereocenters. The first-order valence-electron chi connectivity index (χ1n) is 10.9. The number of carboxylic acid groups (broad SMARTS) is 1. The van der Waals surface area contributed by atoms with Crippen molar-refractivity contribution in [2.75, 3.05) is 38.7 Å². The van der Waals surface area contributed by atoms with Crippen LogP contribution in [-0.4, -0.2) is 59.7 Å². The van der Waals surface area contributed by atoms with Gasteiger partial charge >= 0.3 is 6.09 Å². The second-order valence-electron chi connectivity index (χ2n) is 7.96. The summed E-state index contributed by atoms with van der Waals surface area (Å²) in [5, 5.41) is 13.9. The van der Waals surface area contributed by atoms with Crippen LogP contribution in [0.3, 0.4) is 0 Å². The standard InChI is InChI=1S/C25H30N4O4/c1-4-28(25(31)32)22-7-5-6-20(16-22)17-29-24(30)13-12-23(26-29)21-10-8-19(9-11-21)18-33-15-14-27(2)3/h5-13,16H,4,14-15,17-18H2,1-3H3,(H,31,32). The number of rotatable bonds is 10. The van der Waals surface area contributed by atoms with Crippen molar-refractivity contribution >= 4 is 11.8 Å². The fourth-order valence-electron chi connectivity index (χ4n) is 3.35. The molecule has 33 heavy (non-hydrogen) atoms. The predicted octanol–water partition coefficient (Wildman–Crippen LogP) is 3.54. The lowest BCUT2D eigenvalue weighted by Gasteiger charge is -2.18. The SMILES string of the molecule is CCN(C(=O)O)c1cccc(Cn2nc(-c3ccc(COCCN(C)C)cc3)ccc2=O)c1. The van der Waals surface area contributed by atoms with Gasteiger partial charge in [-0.25, -0.2) is 9.48 Å². The average molecular weight is 451 g/mol. The Bertz CT molecular complexity index is 1130. The van der Waals surface area contributed by atoms with Crippen molar-refractivity contribution in [1.82, 2.24) is 14.7 Å². The fraction of sp³-hybridized carbons (Fsp3) is 0.320. The molecule has 1 N–H and O–H groups in total. The molecule has 3 rings (SSSR count). The van der Waals surface area contributed by atoms with Crippen LogP contribution in [0.15, 0.2) is 65.5 Å². The van der Waals surface area contributed by atoms with Gasteiger partial charge in [-0.2, -0.15) is 5.10 Å². The van der Waals surface area contributed by atoms with E-state index in [0.29, 0.717) is 31.1 Å². The third kappa shape index (κ3) is 6.74. The zero-order valence-corrected chi connectivity index (χ0v) is 19.3. The summed E-state index contributed by atoms with van der Waals surface area (Å²) >= 11 is 0. The number of anilines is 1. The van der Waals surface area contributed by atoms with Crippen LogP contribution in [-0.2, 0) is 17.9 Å². The molecule has 0 aliphatic heterocycles. The average Bonchev–Trinajstić information content (AvgIpc) is 2.79. The number of ether oxygens (including phenoxy) is 1. The van der Waals surface area contributed by atoms with Gasteiger partial charge in [0.05, 0.1) is 25.5 Å². The summed E-state index contributed by atoms with van der Waals surface area (Å²) < 4.78 is 7.08. The van der Waals surface area contributed by atoms with E-state index < -0.39 is 6.09 Å². The highest BCUT2D eigenvalue weighted by molar-refractivity contribution is 5.85. The molecule has 0 aliphatic carbocycles. The van der Waals surface area contributed by atoms with E-state index in [-0.39, 0.29) is 12.1 Å². The van der Waals surface area contributed by atoms with Gasteiger partial charge in [-0.15, -0.1) is 0 Å². The normalized spacial score (nSPS) is 11.0. The molecule has 0 spiro atoms. The molecule has 2 aromatic carbocycles. The van der Waals surface area contributed by atoms with E-state index in [1.807, 2.05) is 44.4 Å². The largest absolute Gasteiger partial charge is 0.465 e. The van der Waals surface area contributed by atoms with Crippen LogP contribution < -0.4 is 10.5 Å². The Morgan fingerprint density at radius 3 is 2.48 bits per heavy atom. The minimum absolute atomic E-state index is 0.222. The summed E-state index contributed by atoms with van der Waals surface area (Å²) in [5.74, 6) is 0. The van der Waals surface area contributed by atoms with Crippen molar-refractivity contribution < 1.29 is 14.6 Å². The Balaban J connectivity index is 1.74. The smallest absolute Gasteiger partial charge is 0.411 e. The fourth-order valence-corrected chi connectivity index (χ4v) is 3.35. The highest BCUT2D eigenvalue weighted by Gasteiger charge is 2.12. The molecule has 1 heterocycles. The molecule has 8 heteroatoms. The Labute approximate surface area is 193 Å². The zero-order valence-electron chi connectivity index (χ0n) is 19.3. The number of likely N-dealkylation sites (N-methyl/N-ethyl adjacent to an activating group) is 1. The van der Waals surface area contributed by atoms with Gasteiger partial charge in [-0.05, 0) is 50.3 Å². The number of hydrogen-bond donors (Lipinski definition) is 1.